The summed E-state index contributed by atoms with van der Waals surface area (Å²) in [6.07, 6.45) is 0. The van der Waals surface area contributed by atoms with Crippen molar-refractivity contribution in [2.45, 2.75) is 13.2 Å². The number of fused-ring (bicyclic) bond motifs is 1. The molecule has 3 aliphatic heterocycles. The van der Waals surface area contributed by atoms with Crippen molar-refractivity contribution in [2.75, 3.05) is 59.3 Å². The molecule has 0 unspecified atom stereocenters. The van der Waals surface area contributed by atoms with Crippen LogP contribution in [0.3, 0.4) is 0 Å². The summed E-state index contributed by atoms with van der Waals surface area (Å²) in [6.45, 7) is 6.16. The van der Waals surface area contributed by atoms with Crippen LogP contribution in [0.2, 0.25) is 0 Å². The van der Waals surface area contributed by atoms with Gasteiger partial charge in [0.15, 0.2) is 6.79 Å². The number of rotatable bonds is 3. The number of carbonyl (C=O) groups excluding carboxylic acids is 1. The first-order valence-corrected chi connectivity index (χ1v) is 9.46. The first kappa shape index (κ1) is 18.9. The molecule has 0 atom stereocenters. The third-order valence-electron chi connectivity index (χ3n) is 5.30. The van der Waals surface area contributed by atoms with Gasteiger partial charge in [-0.25, -0.2) is 4.79 Å². The summed E-state index contributed by atoms with van der Waals surface area (Å²) in [4.78, 5) is 29.4. The molecule has 152 valence electrons. The van der Waals surface area contributed by atoms with Gasteiger partial charge < -0.3 is 24.0 Å². The Morgan fingerprint density at radius 1 is 1.04 bits per heavy atom. The van der Waals surface area contributed by atoms with Crippen LogP contribution >= 0.6 is 0 Å². The minimum absolute atomic E-state index is 0.0454. The Hall–Kier alpha value is -2.43. The van der Waals surface area contributed by atoms with Crippen molar-refractivity contribution in [3.63, 3.8) is 0 Å². The van der Waals surface area contributed by atoms with E-state index >= 15 is 0 Å². The highest BCUT2D eigenvalue weighted by Crippen LogP contribution is 2.33. The van der Waals surface area contributed by atoms with Gasteiger partial charge in [-0.2, -0.15) is 0 Å². The van der Waals surface area contributed by atoms with Crippen molar-refractivity contribution in [1.29, 1.82) is 0 Å². The molecule has 0 saturated carbocycles. The maximum atomic E-state index is 12.6. The van der Waals surface area contributed by atoms with E-state index in [-0.39, 0.29) is 18.5 Å². The molecule has 0 radical (unpaired) electrons. The quantitative estimate of drug-likeness (QED) is 0.560. The van der Waals surface area contributed by atoms with E-state index in [0.717, 1.165) is 5.56 Å². The summed E-state index contributed by atoms with van der Waals surface area (Å²) in [5.74, 6) is 0.684. The maximum absolute atomic E-state index is 12.6. The average molecular weight is 392 g/mol. The molecule has 10 heteroatoms. The van der Waals surface area contributed by atoms with Crippen molar-refractivity contribution in [3.8, 4) is 5.75 Å². The number of hydrogen-bond donors (Lipinski definition) is 0. The van der Waals surface area contributed by atoms with E-state index in [0.29, 0.717) is 76.9 Å². The van der Waals surface area contributed by atoms with Gasteiger partial charge in [0.2, 0.25) is 0 Å². The molecule has 28 heavy (non-hydrogen) atoms. The standard InChI is InChI=1S/C18H24N4O6/c23-18(21-5-7-26-8-6-21)20-3-1-19(2-4-20)11-14-9-16(22(24)25)10-15-12-27-13-28-17(14)15/h9-10H,1-8,11-13H2. The molecule has 3 heterocycles. The third-order valence-corrected chi connectivity index (χ3v) is 5.30. The largest absolute Gasteiger partial charge is 0.467 e. The van der Waals surface area contributed by atoms with Gasteiger partial charge in [-0.05, 0) is 0 Å². The van der Waals surface area contributed by atoms with Crippen molar-refractivity contribution < 1.29 is 23.9 Å². The number of hydrogen-bond acceptors (Lipinski definition) is 7. The summed E-state index contributed by atoms with van der Waals surface area (Å²) >= 11 is 0. The Morgan fingerprint density at radius 2 is 1.75 bits per heavy atom. The monoisotopic (exact) mass is 392 g/mol. The molecular weight excluding hydrogens is 368 g/mol. The fourth-order valence-corrected chi connectivity index (χ4v) is 3.80. The Kier molecular flexibility index (Phi) is 5.60. The number of piperazine rings is 1. The van der Waals surface area contributed by atoms with Crippen molar-refractivity contribution in [1.82, 2.24) is 14.7 Å². The normalized spacial score (nSPS) is 20.4. The Bertz CT molecular complexity index is 744. The molecule has 2 saturated heterocycles. The molecule has 3 aliphatic rings. The molecule has 0 aliphatic carbocycles. The van der Waals surface area contributed by atoms with Crippen LogP contribution in [0, 0.1) is 10.1 Å². The number of nitro groups is 1. The zero-order valence-corrected chi connectivity index (χ0v) is 15.7. The van der Waals surface area contributed by atoms with Crippen LogP contribution < -0.4 is 4.74 Å². The van der Waals surface area contributed by atoms with Gasteiger partial charge in [-0.3, -0.25) is 15.0 Å². The number of carbonyl (C=O) groups is 1. The van der Waals surface area contributed by atoms with Crippen molar-refractivity contribution in [2.24, 2.45) is 0 Å². The lowest BCUT2D eigenvalue weighted by Gasteiger charge is -2.38. The number of urea groups is 1. The number of amides is 2. The lowest BCUT2D eigenvalue weighted by Crippen LogP contribution is -2.54. The number of nitrogens with zero attached hydrogens (tertiary/aromatic N) is 4. The average Bonchev–Trinajstić information content (AvgIpc) is 2.74. The van der Waals surface area contributed by atoms with Gasteiger partial charge in [0.25, 0.3) is 5.69 Å². The highest BCUT2D eigenvalue weighted by Gasteiger charge is 2.28. The second kappa shape index (κ2) is 8.29. The Balaban J connectivity index is 1.40. The second-order valence-electron chi connectivity index (χ2n) is 7.11. The lowest BCUT2D eigenvalue weighted by molar-refractivity contribution is -0.385. The van der Waals surface area contributed by atoms with Crippen LogP contribution in [0.25, 0.3) is 0 Å². The van der Waals surface area contributed by atoms with E-state index in [1.165, 1.54) is 6.07 Å². The lowest BCUT2D eigenvalue weighted by atomic mass is 10.1. The zero-order valence-electron chi connectivity index (χ0n) is 15.7. The summed E-state index contributed by atoms with van der Waals surface area (Å²) in [6, 6.07) is 3.16. The van der Waals surface area contributed by atoms with Crippen LogP contribution in [-0.4, -0.2) is 84.9 Å². The molecule has 0 N–H and O–H groups in total. The van der Waals surface area contributed by atoms with Crippen molar-refractivity contribution >= 4 is 11.7 Å². The van der Waals surface area contributed by atoms with Gasteiger partial charge in [0.05, 0.1) is 24.7 Å². The minimum Gasteiger partial charge on any atom is -0.467 e. The SMILES string of the molecule is O=C(N1CCOCC1)N1CCN(Cc2cc([N+](=O)[O-])cc3c2OCOC3)CC1. The first-order chi connectivity index (χ1) is 13.6. The molecule has 10 nitrogen and oxygen atoms in total. The van der Waals surface area contributed by atoms with Crippen molar-refractivity contribution in [3.05, 3.63) is 33.4 Å². The fraction of sp³-hybridized carbons (Fsp3) is 0.611. The molecular formula is C18H24N4O6. The topological polar surface area (TPSA) is 97.6 Å². The fourth-order valence-electron chi connectivity index (χ4n) is 3.80. The van der Waals surface area contributed by atoms with Crippen LogP contribution in [0.4, 0.5) is 10.5 Å². The van der Waals surface area contributed by atoms with Crippen LogP contribution in [0.15, 0.2) is 12.1 Å². The number of morpholine rings is 1. The van der Waals surface area contributed by atoms with E-state index in [1.807, 2.05) is 9.80 Å². The molecule has 1 aromatic rings. The summed E-state index contributed by atoms with van der Waals surface area (Å²) < 4.78 is 16.2. The summed E-state index contributed by atoms with van der Waals surface area (Å²) in [7, 11) is 0. The molecule has 4 rings (SSSR count). The highest BCUT2D eigenvalue weighted by molar-refractivity contribution is 5.74. The van der Waals surface area contributed by atoms with E-state index in [1.54, 1.807) is 6.07 Å². The Morgan fingerprint density at radius 3 is 2.46 bits per heavy atom. The highest BCUT2D eigenvalue weighted by atomic mass is 16.7. The van der Waals surface area contributed by atoms with Crippen LogP contribution in [-0.2, 0) is 22.6 Å². The third kappa shape index (κ3) is 4.03. The second-order valence-corrected chi connectivity index (χ2v) is 7.11. The van der Waals surface area contributed by atoms with E-state index in [9.17, 15) is 14.9 Å². The smallest absolute Gasteiger partial charge is 0.320 e. The molecule has 0 aromatic heterocycles. The maximum Gasteiger partial charge on any atom is 0.320 e. The van der Waals surface area contributed by atoms with Gasteiger partial charge in [0, 0.05) is 69.1 Å². The molecule has 2 amide bonds. The van der Waals surface area contributed by atoms with E-state index in [4.69, 9.17) is 14.2 Å². The molecule has 0 spiro atoms. The minimum atomic E-state index is -0.392. The number of non-ortho nitro benzene ring substituents is 1. The van der Waals surface area contributed by atoms with Gasteiger partial charge in [-0.15, -0.1) is 0 Å². The first-order valence-electron chi connectivity index (χ1n) is 9.46. The molecule has 2 fully saturated rings. The summed E-state index contributed by atoms with van der Waals surface area (Å²) in [5.41, 5.74) is 1.54. The zero-order chi connectivity index (χ0) is 19.5. The van der Waals surface area contributed by atoms with Gasteiger partial charge in [-0.1, -0.05) is 0 Å². The molecule has 1 aromatic carbocycles. The van der Waals surface area contributed by atoms with Gasteiger partial charge in [0.1, 0.15) is 5.75 Å². The number of ether oxygens (including phenoxy) is 3. The van der Waals surface area contributed by atoms with Gasteiger partial charge >= 0.3 is 6.03 Å². The predicted octanol–water partition coefficient (Wildman–Crippen LogP) is 1.03. The number of nitro benzene ring substituents is 1. The van der Waals surface area contributed by atoms with Crippen LogP contribution in [0.5, 0.6) is 5.75 Å². The Labute approximate surface area is 162 Å². The predicted molar refractivity (Wildman–Crippen MR) is 98.0 cm³/mol. The van der Waals surface area contributed by atoms with Crippen LogP contribution in [0.1, 0.15) is 11.1 Å². The number of benzene rings is 1. The van der Waals surface area contributed by atoms with E-state index < -0.39 is 4.92 Å². The van der Waals surface area contributed by atoms with E-state index in [2.05, 4.69) is 4.90 Å². The summed E-state index contributed by atoms with van der Waals surface area (Å²) in [5, 5.41) is 11.3. The molecule has 0 bridgehead atoms.